The van der Waals surface area contributed by atoms with Gasteiger partial charge in [-0.2, -0.15) is 5.10 Å². The fraction of sp³-hybridized carbons (Fsp3) is 0.643. The summed E-state index contributed by atoms with van der Waals surface area (Å²) in [6.45, 7) is 9.23. The summed E-state index contributed by atoms with van der Waals surface area (Å²) in [4.78, 5) is 23.2. The van der Waals surface area contributed by atoms with Gasteiger partial charge in [0, 0.05) is 6.42 Å². The van der Waals surface area contributed by atoms with Crippen molar-refractivity contribution in [2.45, 2.75) is 59.5 Å². The number of esters is 1. The van der Waals surface area contributed by atoms with Crippen molar-refractivity contribution >= 4 is 17.6 Å². The van der Waals surface area contributed by atoms with E-state index in [4.69, 9.17) is 4.74 Å². The molecule has 5 heteroatoms. The summed E-state index contributed by atoms with van der Waals surface area (Å²) in [5.74, 6) is -0.517. The maximum atomic E-state index is 11.8. The Hall–Kier alpha value is -1.65. The molecule has 0 bridgehead atoms. The summed E-state index contributed by atoms with van der Waals surface area (Å²) >= 11 is 0. The van der Waals surface area contributed by atoms with Crippen molar-refractivity contribution in [2.24, 2.45) is 5.10 Å². The number of nitrogens with one attached hydrogen (secondary N) is 1. The second-order valence-electron chi connectivity index (χ2n) is 5.24. The lowest BCUT2D eigenvalue weighted by molar-refractivity contribution is -0.144. The topological polar surface area (TPSA) is 67.8 Å². The average Bonchev–Trinajstić information content (AvgIpc) is 2.53. The molecule has 0 fully saturated rings. The maximum Gasteiger partial charge on any atom is 0.341 e. The van der Waals surface area contributed by atoms with Gasteiger partial charge in [-0.1, -0.05) is 13.3 Å². The van der Waals surface area contributed by atoms with Crippen LogP contribution in [0.25, 0.3) is 0 Å². The van der Waals surface area contributed by atoms with Crippen molar-refractivity contribution in [1.82, 2.24) is 5.43 Å². The van der Waals surface area contributed by atoms with Gasteiger partial charge < -0.3 is 4.74 Å². The average molecular weight is 266 g/mol. The number of nitrogens with zero attached hydrogens (tertiary/aromatic N) is 1. The van der Waals surface area contributed by atoms with E-state index >= 15 is 0 Å². The van der Waals surface area contributed by atoms with Gasteiger partial charge in [0.25, 0.3) is 0 Å². The van der Waals surface area contributed by atoms with Gasteiger partial charge >= 0.3 is 5.97 Å². The Labute approximate surface area is 114 Å². The first-order valence-electron chi connectivity index (χ1n) is 6.57. The van der Waals surface area contributed by atoms with Gasteiger partial charge in [-0.3, -0.25) is 4.79 Å². The molecule has 1 aliphatic heterocycles. The molecule has 0 saturated heterocycles. The Morgan fingerprint density at radius 2 is 2.05 bits per heavy atom. The second kappa shape index (κ2) is 5.99. The predicted octanol–water partition coefficient (Wildman–Crippen LogP) is 2.32. The minimum Gasteiger partial charge on any atom is -0.451 e. The number of unbranched alkanes of at least 4 members (excludes halogenated alkanes) is 1. The zero-order valence-corrected chi connectivity index (χ0v) is 12.3. The zero-order valence-electron chi connectivity index (χ0n) is 12.3. The van der Waals surface area contributed by atoms with E-state index in [1.807, 2.05) is 27.7 Å². The van der Waals surface area contributed by atoms with Crippen LogP contribution >= 0.6 is 0 Å². The van der Waals surface area contributed by atoms with Crippen molar-refractivity contribution in [2.75, 3.05) is 0 Å². The lowest BCUT2D eigenvalue weighted by atomic mass is 9.96. The van der Waals surface area contributed by atoms with E-state index in [0.29, 0.717) is 17.7 Å². The molecule has 1 rings (SSSR count). The first kappa shape index (κ1) is 15.4. The first-order valence-corrected chi connectivity index (χ1v) is 6.57. The third-order valence-electron chi connectivity index (χ3n) is 3.30. The van der Waals surface area contributed by atoms with E-state index in [2.05, 4.69) is 10.5 Å². The van der Waals surface area contributed by atoms with E-state index in [1.54, 1.807) is 6.92 Å². The van der Waals surface area contributed by atoms with Crippen LogP contribution in [0.3, 0.4) is 0 Å². The van der Waals surface area contributed by atoms with E-state index in [-0.39, 0.29) is 11.9 Å². The molecule has 1 N–H and O–H groups in total. The van der Waals surface area contributed by atoms with Crippen molar-refractivity contribution in [3.8, 4) is 0 Å². The smallest absolute Gasteiger partial charge is 0.341 e. The van der Waals surface area contributed by atoms with Gasteiger partial charge in [0.15, 0.2) is 0 Å². The minimum absolute atomic E-state index is 0.134. The summed E-state index contributed by atoms with van der Waals surface area (Å²) in [5, 5.41) is 3.98. The SMILES string of the molecule is CCCCC(=O)N/N=C(\C)C1=C(C)C(C)(C)OC1=O. The number of carbonyl (C=O) groups is 2. The molecule has 0 aromatic carbocycles. The Morgan fingerprint density at radius 1 is 1.42 bits per heavy atom. The maximum absolute atomic E-state index is 11.8. The Balaban J connectivity index is 2.77. The highest BCUT2D eigenvalue weighted by atomic mass is 16.6. The van der Waals surface area contributed by atoms with Gasteiger partial charge in [-0.25, -0.2) is 10.2 Å². The molecule has 0 atom stereocenters. The normalized spacial score (nSPS) is 18.6. The molecule has 0 saturated carbocycles. The van der Waals surface area contributed by atoms with E-state index in [9.17, 15) is 9.59 Å². The van der Waals surface area contributed by atoms with Crippen molar-refractivity contribution < 1.29 is 14.3 Å². The number of carbonyl (C=O) groups excluding carboxylic acids is 2. The largest absolute Gasteiger partial charge is 0.451 e. The fourth-order valence-corrected chi connectivity index (χ4v) is 1.83. The zero-order chi connectivity index (χ0) is 14.6. The molecule has 5 nitrogen and oxygen atoms in total. The molecule has 106 valence electrons. The lowest BCUT2D eigenvalue weighted by Crippen LogP contribution is -2.21. The third kappa shape index (κ3) is 3.66. The molecule has 0 radical (unpaired) electrons. The van der Waals surface area contributed by atoms with Crippen LogP contribution in [0.4, 0.5) is 0 Å². The number of amides is 1. The highest BCUT2D eigenvalue weighted by Crippen LogP contribution is 2.32. The first-order chi connectivity index (χ1) is 8.79. The molecule has 0 aromatic rings. The molecule has 1 amide bonds. The Bertz CT molecular complexity index is 448. The molecular weight excluding hydrogens is 244 g/mol. The number of cyclic esters (lactones) is 1. The molecule has 19 heavy (non-hydrogen) atoms. The van der Waals surface area contributed by atoms with Gasteiger partial charge in [-0.15, -0.1) is 0 Å². The lowest BCUT2D eigenvalue weighted by Gasteiger charge is -2.18. The number of hydrazone groups is 1. The highest BCUT2D eigenvalue weighted by Gasteiger charge is 2.38. The van der Waals surface area contributed by atoms with E-state index in [0.717, 1.165) is 18.4 Å². The van der Waals surface area contributed by atoms with Crippen LogP contribution in [-0.2, 0) is 14.3 Å². The van der Waals surface area contributed by atoms with E-state index < -0.39 is 5.60 Å². The molecule has 0 aliphatic carbocycles. The van der Waals surface area contributed by atoms with Gasteiger partial charge in [0.1, 0.15) is 5.60 Å². The molecule has 0 unspecified atom stereocenters. The Kier molecular flexibility index (Phi) is 4.86. The molecule has 0 spiro atoms. The number of hydrogen-bond acceptors (Lipinski definition) is 4. The number of ether oxygens (including phenoxy) is 1. The quantitative estimate of drug-likeness (QED) is 0.471. The summed E-state index contributed by atoms with van der Waals surface area (Å²) in [5.41, 5.74) is 3.65. The summed E-state index contributed by atoms with van der Waals surface area (Å²) in [6, 6.07) is 0. The van der Waals surface area contributed by atoms with Gasteiger partial charge in [0.2, 0.25) is 5.91 Å². The minimum atomic E-state index is -0.602. The van der Waals surface area contributed by atoms with Crippen LogP contribution < -0.4 is 5.43 Å². The third-order valence-corrected chi connectivity index (χ3v) is 3.30. The molecular formula is C14H22N2O3. The fourth-order valence-electron chi connectivity index (χ4n) is 1.83. The van der Waals surface area contributed by atoms with Crippen molar-refractivity contribution in [3.63, 3.8) is 0 Å². The summed E-state index contributed by atoms with van der Waals surface area (Å²) < 4.78 is 5.26. The molecule has 0 aromatic heterocycles. The van der Waals surface area contributed by atoms with Crippen molar-refractivity contribution in [3.05, 3.63) is 11.1 Å². The number of rotatable bonds is 5. The van der Waals surface area contributed by atoms with Gasteiger partial charge in [0.05, 0.1) is 11.3 Å². The predicted molar refractivity (Wildman–Crippen MR) is 73.6 cm³/mol. The highest BCUT2D eigenvalue weighted by molar-refractivity contribution is 6.21. The van der Waals surface area contributed by atoms with Gasteiger partial charge in [-0.05, 0) is 39.7 Å². The monoisotopic (exact) mass is 266 g/mol. The number of hydrogen-bond donors (Lipinski definition) is 1. The molecule has 1 heterocycles. The van der Waals surface area contributed by atoms with Crippen LogP contribution in [0.15, 0.2) is 16.2 Å². The van der Waals surface area contributed by atoms with Crippen LogP contribution in [0.2, 0.25) is 0 Å². The van der Waals surface area contributed by atoms with Crippen LogP contribution in [0, 0.1) is 0 Å². The molecule has 1 aliphatic rings. The Morgan fingerprint density at radius 3 is 2.53 bits per heavy atom. The second-order valence-corrected chi connectivity index (χ2v) is 5.24. The van der Waals surface area contributed by atoms with Crippen LogP contribution in [-0.4, -0.2) is 23.2 Å². The van der Waals surface area contributed by atoms with E-state index in [1.165, 1.54) is 0 Å². The standard InChI is InChI=1S/C14H22N2O3/c1-6-7-8-11(17)16-15-10(3)12-9(2)14(4,5)19-13(12)18/h6-8H2,1-5H3,(H,16,17)/b15-10+. The van der Waals surface area contributed by atoms with Crippen LogP contribution in [0.5, 0.6) is 0 Å². The van der Waals surface area contributed by atoms with Crippen LogP contribution in [0.1, 0.15) is 53.9 Å². The summed E-state index contributed by atoms with van der Waals surface area (Å²) in [7, 11) is 0. The van der Waals surface area contributed by atoms with Crippen molar-refractivity contribution in [1.29, 1.82) is 0 Å². The summed E-state index contributed by atoms with van der Waals surface area (Å²) in [6.07, 6.45) is 2.24.